The van der Waals surface area contributed by atoms with Crippen molar-refractivity contribution in [1.82, 2.24) is 19.7 Å². The summed E-state index contributed by atoms with van der Waals surface area (Å²) in [6.45, 7) is 4.92. The molecule has 2 heterocycles. The van der Waals surface area contributed by atoms with E-state index in [1.54, 1.807) is 43.4 Å². The lowest BCUT2D eigenvalue weighted by Gasteiger charge is -2.37. The van der Waals surface area contributed by atoms with Crippen LogP contribution in [0.4, 0.5) is 0 Å². The van der Waals surface area contributed by atoms with Gasteiger partial charge in [0.15, 0.2) is 0 Å². The Balaban J connectivity index is 2.02. The van der Waals surface area contributed by atoms with Gasteiger partial charge in [0, 0.05) is 50.4 Å². The van der Waals surface area contributed by atoms with Gasteiger partial charge >= 0.3 is 0 Å². The zero-order valence-corrected chi connectivity index (χ0v) is 20.3. The molecule has 2 aromatic rings. The number of aliphatic hydroxyl groups is 1. The molecule has 1 aliphatic rings. The molecule has 0 aliphatic carbocycles. The Morgan fingerprint density at radius 1 is 1.21 bits per heavy atom. The third-order valence-corrected chi connectivity index (χ3v) is 5.94. The van der Waals surface area contributed by atoms with E-state index in [-0.39, 0.29) is 36.5 Å². The Hall–Kier alpha value is -2.97. The number of carbonyl (C=O) groups is 2. The zero-order valence-electron chi connectivity index (χ0n) is 20.3. The van der Waals surface area contributed by atoms with Crippen molar-refractivity contribution in [2.24, 2.45) is 5.92 Å². The molecule has 0 bridgehead atoms. The van der Waals surface area contributed by atoms with Crippen LogP contribution in [0.1, 0.15) is 34.6 Å². The monoisotopic (exact) mass is 454 g/mol. The first-order valence-corrected chi connectivity index (χ1v) is 11.2. The van der Waals surface area contributed by atoms with E-state index in [2.05, 4.69) is 16.8 Å². The minimum Gasteiger partial charge on any atom is -0.472 e. The Bertz CT molecular complexity index is 990. The molecule has 178 valence electrons. The first-order valence-electron chi connectivity index (χ1n) is 11.2. The fourth-order valence-electron chi connectivity index (χ4n) is 3.90. The summed E-state index contributed by atoms with van der Waals surface area (Å²) in [5, 5.41) is 9.77. The fourth-order valence-corrected chi connectivity index (χ4v) is 3.90. The van der Waals surface area contributed by atoms with Crippen LogP contribution in [-0.2, 0) is 0 Å². The van der Waals surface area contributed by atoms with E-state index in [9.17, 15) is 14.7 Å². The van der Waals surface area contributed by atoms with E-state index in [0.29, 0.717) is 30.1 Å². The van der Waals surface area contributed by atoms with Crippen LogP contribution in [0.5, 0.6) is 5.88 Å². The van der Waals surface area contributed by atoms with Gasteiger partial charge in [-0.05, 0) is 44.8 Å². The van der Waals surface area contributed by atoms with E-state index in [1.807, 2.05) is 33.2 Å². The first-order chi connectivity index (χ1) is 15.6. The summed E-state index contributed by atoms with van der Waals surface area (Å²) in [7, 11) is 7.39. The Morgan fingerprint density at radius 2 is 1.88 bits per heavy atom. The van der Waals surface area contributed by atoms with Gasteiger partial charge in [-0.1, -0.05) is 19.1 Å². The minimum atomic E-state index is -0.328. The number of carbonyl (C=O) groups excluding carboxylic acids is 2. The summed E-state index contributed by atoms with van der Waals surface area (Å²) >= 11 is 0. The third-order valence-electron chi connectivity index (χ3n) is 5.94. The van der Waals surface area contributed by atoms with E-state index in [1.165, 1.54) is 4.90 Å². The largest absolute Gasteiger partial charge is 0.472 e. The molecule has 0 fully saturated rings. The Morgan fingerprint density at radius 3 is 2.45 bits per heavy atom. The molecule has 0 radical (unpaired) electrons. The normalized spacial score (nSPS) is 19.4. The highest BCUT2D eigenvalue weighted by atomic mass is 16.5. The van der Waals surface area contributed by atoms with Gasteiger partial charge in [-0.25, -0.2) is 4.98 Å². The van der Waals surface area contributed by atoms with Crippen LogP contribution in [0.15, 0.2) is 36.5 Å². The molecule has 0 saturated carbocycles. The molecule has 8 heteroatoms. The van der Waals surface area contributed by atoms with Crippen molar-refractivity contribution in [2.45, 2.75) is 26.0 Å². The molecule has 3 atom stereocenters. The maximum atomic E-state index is 13.5. The standard InChI is InChI=1S/C25H34N4O4/c1-16-13-29(17(2)15-30)25(32)21-11-20(12-26-23(21)33-22(16)14-27(3)4)18-7-9-19(10-8-18)24(31)28(5)6/h7-12,16-17,22,30H,13-15H2,1-6H3/t16-,17+,22-/m0/s1. The van der Waals surface area contributed by atoms with Crippen LogP contribution in [-0.4, -0.2) is 96.6 Å². The van der Waals surface area contributed by atoms with Crippen molar-refractivity contribution in [3.05, 3.63) is 47.7 Å². The molecule has 3 rings (SSSR count). The average Bonchev–Trinajstić information content (AvgIpc) is 2.79. The van der Waals surface area contributed by atoms with Crippen molar-refractivity contribution in [3.63, 3.8) is 0 Å². The van der Waals surface area contributed by atoms with Crippen molar-refractivity contribution in [1.29, 1.82) is 0 Å². The van der Waals surface area contributed by atoms with Crippen LogP contribution in [0.3, 0.4) is 0 Å². The van der Waals surface area contributed by atoms with Crippen LogP contribution in [0.25, 0.3) is 11.1 Å². The minimum absolute atomic E-state index is 0.0572. The summed E-state index contributed by atoms with van der Waals surface area (Å²) in [6, 6.07) is 8.68. The van der Waals surface area contributed by atoms with Gasteiger partial charge in [-0.2, -0.15) is 0 Å². The van der Waals surface area contributed by atoms with Crippen LogP contribution in [0.2, 0.25) is 0 Å². The molecule has 2 amide bonds. The third kappa shape index (κ3) is 5.51. The van der Waals surface area contributed by atoms with Crippen molar-refractivity contribution in [2.75, 3.05) is 47.9 Å². The second-order valence-electron chi connectivity index (χ2n) is 9.24. The van der Waals surface area contributed by atoms with E-state index >= 15 is 0 Å². The maximum Gasteiger partial charge on any atom is 0.259 e. The highest BCUT2D eigenvalue weighted by Crippen LogP contribution is 2.30. The van der Waals surface area contributed by atoms with Gasteiger partial charge in [0.05, 0.1) is 12.6 Å². The molecule has 33 heavy (non-hydrogen) atoms. The summed E-state index contributed by atoms with van der Waals surface area (Å²) in [4.78, 5) is 35.5. The number of benzene rings is 1. The number of aliphatic hydroxyl groups excluding tert-OH is 1. The average molecular weight is 455 g/mol. The van der Waals surface area contributed by atoms with Gasteiger partial charge in [0.25, 0.3) is 11.8 Å². The number of fused-ring (bicyclic) bond motifs is 1. The van der Waals surface area contributed by atoms with E-state index in [4.69, 9.17) is 4.74 Å². The number of rotatable bonds is 6. The van der Waals surface area contributed by atoms with Gasteiger partial charge in [-0.15, -0.1) is 0 Å². The fraction of sp³-hybridized carbons (Fsp3) is 0.480. The molecule has 1 N–H and O–H groups in total. The summed E-state index contributed by atoms with van der Waals surface area (Å²) in [5.41, 5.74) is 2.56. The SMILES string of the molecule is C[C@H](CO)N1C[C@H](C)[C@H](CN(C)C)Oc2ncc(-c3ccc(C(=O)N(C)C)cc3)cc2C1=O. The number of nitrogens with zero attached hydrogens (tertiary/aromatic N) is 4. The van der Waals surface area contributed by atoms with Gasteiger partial charge in [-0.3, -0.25) is 9.59 Å². The molecule has 0 unspecified atom stereocenters. The van der Waals surface area contributed by atoms with Crippen molar-refractivity contribution in [3.8, 4) is 17.0 Å². The summed E-state index contributed by atoms with van der Waals surface area (Å²) in [5.74, 6) is 0.0741. The number of hydrogen-bond donors (Lipinski definition) is 1. The van der Waals surface area contributed by atoms with Crippen molar-refractivity contribution < 1.29 is 19.4 Å². The van der Waals surface area contributed by atoms with E-state index in [0.717, 1.165) is 11.1 Å². The smallest absolute Gasteiger partial charge is 0.259 e. The quantitative estimate of drug-likeness (QED) is 0.721. The molecule has 8 nitrogen and oxygen atoms in total. The Labute approximate surface area is 195 Å². The highest BCUT2D eigenvalue weighted by Gasteiger charge is 2.34. The molecule has 0 spiro atoms. The van der Waals surface area contributed by atoms with Gasteiger partial charge < -0.3 is 24.5 Å². The lowest BCUT2D eigenvalue weighted by molar-refractivity contribution is 0.0348. The number of likely N-dealkylation sites (N-methyl/N-ethyl adjacent to an activating group) is 1. The molecular formula is C25H34N4O4. The van der Waals surface area contributed by atoms with Crippen LogP contribution in [0, 0.1) is 5.92 Å². The molecule has 1 aromatic heterocycles. The predicted molar refractivity (Wildman–Crippen MR) is 127 cm³/mol. The summed E-state index contributed by atoms with van der Waals surface area (Å²) < 4.78 is 6.25. The maximum absolute atomic E-state index is 13.5. The number of aromatic nitrogens is 1. The lowest BCUT2D eigenvalue weighted by atomic mass is 9.99. The number of amides is 2. The lowest BCUT2D eigenvalue weighted by Crippen LogP contribution is -2.49. The highest BCUT2D eigenvalue weighted by molar-refractivity contribution is 5.98. The molecule has 1 aromatic carbocycles. The zero-order chi connectivity index (χ0) is 24.3. The predicted octanol–water partition coefficient (Wildman–Crippen LogP) is 2.23. The molecule has 1 aliphatic heterocycles. The summed E-state index contributed by atoms with van der Waals surface area (Å²) in [6.07, 6.45) is 1.53. The first kappa shape index (κ1) is 24.7. The van der Waals surface area contributed by atoms with Gasteiger partial charge in [0.1, 0.15) is 11.7 Å². The van der Waals surface area contributed by atoms with Crippen LogP contribution >= 0.6 is 0 Å². The van der Waals surface area contributed by atoms with Gasteiger partial charge in [0.2, 0.25) is 5.88 Å². The van der Waals surface area contributed by atoms with Crippen molar-refractivity contribution >= 4 is 11.8 Å². The topological polar surface area (TPSA) is 86.2 Å². The molecular weight excluding hydrogens is 420 g/mol. The second kappa shape index (κ2) is 10.3. The molecule has 0 saturated heterocycles. The number of ether oxygens (including phenoxy) is 1. The second-order valence-corrected chi connectivity index (χ2v) is 9.24. The number of hydrogen-bond acceptors (Lipinski definition) is 6. The Kier molecular flexibility index (Phi) is 7.71. The van der Waals surface area contributed by atoms with Crippen LogP contribution < -0.4 is 4.74 Å². The van der Waals surface area contributed by atoms with E-state index < -0.39 is 0 Å². The number of pyridine rings is 1.